The van der Waals surface area contributed by atoms with Gasteiger partial charge in [-0.1, -0.05) is 31.2 Å². The molecule has 0 bridgehead atoms. The summed E-state index contributed by atoms with van der Waals surface area (Å²) in [6.45, 7) is 2.63. The number of carbonyl (C=O) groups is 1. The largest absolute Gasteiger partial charge is 0.467 e. The van der Waals surface area contributed by atoms with Crippen LogP contribution in [0.25, 0.3) is 0 Å². The number of carbonyl (C=O) groups excluding carboxylic acids is 1. The molecule has 0 aliphatic rings. The molecule has 6 nitrogen and oxygen atoms in total. The first-order chi connectivity index (χ1) is 13.8. The van der Waals surface area contributed by atoms with Crippen LogP contribution in [0.4, 0.5) is 0 Å². The van der Waals surface area contributed by atoms with Crippen LogP contribution in [-0.4, -0.2) is 25.5 Å². The number of nitrogens with zero attached hydrogens (tertiary/aromatic N) is 1. The fourth-order valence-electron chi connectivity index (χ4n) is 2.95. The zero-order valence-corrected chi connectivity index (χ0v) is 17.2. The van der Waals surface area contributed by atoms with E-state index in [4.69, 9.17) is 8.60 Å². The van der Waals surface area contributed by atoms with E-state index in [2.05, 4.69) is 6.92 Å². The van der Waals surface area contributed by atoms with Crippen LogP contribution < -0.4 is 4.18 Å². The van der Waals surface area contributed by atoms with Crippen molar-refractivity contribution in [3.05, 3.63) is 89.4 Å². The molecule has 1 aromatic heterocycles. The van der Waals surface area contributed by atoms with Crippen LogP contribution in [0.3, 0.4) is 0 Å². The van der Waals surface area contributed by atoms with Crippen LogP contribution in [0.2, 0.25) is 0 Å². The van der Waals surface area contributed by atoms with Gasteiger partial charge in [0.25, 0.3) is 5.91 Å². The van der Waals surface area contributed by atoms with Crippen molar-refractivity contribution in [2.75, 3.05) is 6.26 Å². The summed E-state index contributed by atoms with van der Waals surface area (Å²) in [6, 6.07) is 17.8. The Morgan fingerprint density at radius 3 is 2.38 bits per heavy atom. The number of furan rings is 1. The Labute approximate surface area is 170 Å². The van der Waals surface area contributed by atoms with Gasteiger partial charge in [0.2, 0.25) is 0 Å². The van der Waals surface area contributed by atoms with Crippen molar-refractivity contribution >= 4 is 16.0 Å². The minimum Gasteiger partial charge on any atom is -0.467 e. The van der Waals surface area contributed by atoms with E-state index >= 15 is 0 Å². The lowest BCUT2D eigenvalue weighted by Crippen LogP contribution is -2.30. The minimum absolute atomic E-state index is 0.140. The molecule has 3 aromatic rings. The summed E-state index contributed by atoms with van der Waals surface area (Å²) >= 11 is 0. The van der Waals surface area contributed by atoms with Crippen LogP contribution in [0.5, 0.6) is 5.75 Å². The zero-order chi connectivity index (χ0) is 20.9. The first-order valence-electron chi connectivity index (χ1n) is 9.23. The molecule has 3 rings (SSSR count). The van der Waals surface area contributed by atoms with Crippen LogP contribution in [0.1, 0.15) is 34.2 Å². The molecule has 0 radical (unpaired) electrons. The summed E-state index contributed by atoms with van der Waals surface area (Å²) in [4.78, 5) is 14.8. The van der Waals surface area contributed by atoms with Crippen molar-refractivity contribution in [2.24, 2.45) is 0 Å². The van der Waals surface area contributed by atoms with E-state index in [1.165, 1.54) is 0 Å². The van der Waals surface area contributed by atoms with E-state index < -0.39 is 10.1 Å². The average Bonchev–Trinajstić information content (AvgIpc) is 3.19. The Kier molecular flexibility index (Phi) is 6.39. The van der Waals surface area contributed by atoms with Gasteiger partial charge in [0.1, 0.15) is 11.5 Å². The van der Waals surface area contributed by atoms with Gasteiger partial charge in [-0.15, -0.1) is 0 Å². The molecule has 0 aliphatic heterocycles. The molecule has 0 N–H and O–H groups in total. The van der Waals surface area contributed by atoms with Crippen LogP contribution in [0, 0.1) is 0 Å². The molecule has 1 heterocycles. The van der Waals surface area contributed by atoms with Crippen LogP contribution >= 0.6 is 0 Å². The third-order valence-corrected chi connectivity index (χ3v) is 4.84. The molecule has 1 amide bonds. The Hall–Kier alpha value is -3.06. The maximum absolute atomic E-state index is 13.1. The molecule has 0 saturated heterocycles. The Morgan fingerprint density at radius 1 is 1.00 bits per heavy atom. The number of hydrogen-bond donors (Lipinski definition) is 0. The van der Waals surface area contributed by atoms with E-state index in [1.807, 2.05) is 36.4 Å². The lowest BCUT2D eigenvalue weighted by molar-refractivity contribution is 0.0717. The molecule has 0 atom stereocenters. The van der Waals surface area contributed by atoms with E-state index in [1.54, 1.807) is 35.4 Å². The van der Waals surface area contributed by atoms with Crippen molar-refractivity contribution in [1.29, 1.82) is 0 Å². The fraction of sp³-hybridized carbons (Fsp3) is 0.227. The van der Waals surface area contributed by atoms with Gasteiger partial charge in [-0.2, -0.15) is 8.42 Å². The van der Waals surface area contributed by atoms with Crippen molar-refractivity contribution < 1.29 is 21.8 Å². The highest BCUT2D eigenvalue weighted by Crippen LogP contribution is 2.19. The second kappa shape index (κ2) is 8.96. The topological polar surface area (TPSA) is 76.8 Å². The van der Waals surface area contributed by atoms with E-state index in [9.17, 15) is 13.2 Å². The van der Waals surface area contributed by atoms with Crippen molar-refractivity contribution in [1.82, 2.24) is 4.90 Å². The highest BCUT2D eigenvalue weighted by atomic mass is 32.2. The smallest absolute Gasteiger partial charge is 0.306 e. The molecule has 7 heteroatoms. The summed E-state index contributed by atoms with van der Waals surface area (Å²) in [5, 5.41) is 0. The number of amides is 1. The highest BCUT2D eigenvalue weighted by Gasteiger charge is 2.18. The third kappa shape index (κ3) is 5.96. The number of hydrogen-bond acceptors (Lipinski definition) is 5. The molecule has 0 saturated carbocycles. The molecule has 0 fully saturated rings. The molecule has 0 spiro atoms. The summed E-state index contributed by atoms with van der Waals surface area (Å²) in [5.41, 5.74) is 2.48. The molecule has 0 aliphatic carbocycles. The van der Waals surface area contributed by atoms with Gasteiger partial charge in [0.15, 0.2) is 0 Å². The molecule has 0 unspecified atom stereocenters. The van der Waals surface area contributed by atoms with Gasteiger partial charge < -0.3 is 13.5 Å². The third-order valence-electron chi connectivity index (χ3n) is 4.34. The zero-order valence-electron chi connectivity index (χ0n) is 16.4. The first kappa shape index (κ1) is 20.7. The van der Waals surface area contributed by atoms with Crippen LogP contribution in [0.15, 0.2) is 71.3 Å². The van der Waals surface area contributed by atoms with Gasteiger partial charge in [-0.05, 0) is 53.9 Å². The maximum atomic E-state index is 13.1. The van der Waals surface area contributed by atoms with Crippen molar-refractivity contribution in [3.8, 4) is 5.75 Å². The normalized spacial score (nSPS) is 11.2. The second-order valence-electron chi connectivity index (χ2n) is 6.73. The van der Waals surface area contributed by atoms with E-state index in [0.29, 0.717) is 17.9 Å². The molecular weight excluding hydrogens is 390 g/mol. The van der Waals surface area contributed by atoms with Gasteiger partial charge in [-0.25, -0.2) is 0 Å². The van der Waals surface area contributed by atoms with E-state index in [-0.39, 0.29) is 18.2 Å². The monoisotopic (exact) mass is 413 g/mol. The molecule has 152 valence electrons. The summed E-state index contributed by atoms with van der Waals surface area (Å²) in [7, 11) is -3.62. The highest BCUT2D eigenvalue weighted by molar-refractivity contribution is 7.86. The number of rotatable bonds is 8. The fourth-order valence-corrected chi connectivity index (χ4v) is 3.40. The minimum atomic E-state index is -3.62. The standard InChI is InChI=1S/C22H23NO5S/c1-3-17-9-11-19(12-10-17)22(24)23(16-21-8-5-13-27-21)15-18-6-4-7-20(14-18)28-29(2,25)26/h4-14H,3,15-16H2,1-2H3. The second-order valence-corrected chi connectivity index (χ2v) is 8.30. The van der Waals surface area contributed by atoms with Gasteiger partial charge in [-0.3, -0.25) is 4.79 Å². The first-order valence-corrected chi connectivity index (χ1v) is 11.0. The van der Waals surface area contributed by atoms with Crippen molar-refractivity contribution in [2.45, 2.75) is 26.4 Å². The summed E-state index contributed by atoms with van der Waals surface area (Å²) in [6.07, 6.45) is 3.46. The van der Waals surface area contributed by atoms with E-state index in [0.717, 1.165) is 23.8 Å². The Morgan fingerprint density at radius 2 is 1.76 bits per heavy atom. The predicted octanol–water partition coefficient (Wildman–Crippen LogP) is 4.02. The average molecular weight is 413 g/mol. The molecular formula is C22H23NO5S. The van der Waals surface area contributed by atoms with Crippen LogP contribution in [-0.2, 0) is 29.6 Å². The van der Waals surface area contributed by atoms with Gasteiger partial charge in [0.05, 0.1) is 19.1 Å². The van der Waals surface area contributed by atoms with Crippen molar-refractivity contribution in [3.63, 3.8) is 0 Å². The molecule has 29 heavy (non-hydrogen) atoms. The van der Waals surface area contributed by atoms with Gasteiger partial charge in [0, 0.05) is 12.1 Å². The SMILES string of the molecule is CCc1ccc(C(=O)N(Cc2cccc(OS(C)(=O)=O)c2)Cc2ccco2)cc1. The summed E-state index contributed by atoms with van der Waals surface area (Å²) in [5.74, 6) is 0.730. The summed E-state index contributed by atoms with van der Waals surface area (Å²) < 4.78 is 33.2. The lowest BCUT2D eigenvalue weighted by Gasteiger charge is -2.22. The maximum Gasteiger partial charge on any atom is 0.306 e. The Bertz CT molecular complexity index is 1060. The Balaban J connectivity index is 1.85. The predicted molar refractivity (Wildman–Crippen MR) is 110 cm³/mol. The lowest BCUT2D eigenvalue weighted by atomic mass is 10.1. The number of aryl methyl sites for hydroxylation is 1. The quantitative estimate of drug-likeness (QED) is 0.521. The number of benzene rings is 2. The van der Waals surface area contributed by atoms with Gasteiger partial charge >= 0.3 is 10.1 Å². The molecule has 2 aromatic carbocycles.